The summed E-state index contributed by atoms with van der Waals surface area (Å²) in [4.78, 5) is 13.8. The highest BCUT2D eigenvalue weighted by Gasteiger charge is 2.15. The molecule has 0 saturated carbocycles. The molecule has 2 N–H and O–H groups in total. The molecule has 3 nitrogen and oxygen atoms in total. The van der Waals surface area contributed by atoms with Crippen LogP contribution in [-0.4, -0.2) is 23.9 Å². The first kappa shape index (κ1) is 15.9. The van der Waals surface area contributed by atoms with E-state index in [4.69, 9.17) is 5.73 Å². The van der Waals surface area contributed by atoms with E-state index in [0.29, 0.717) is 6.54 Å². The van der Waals surface area contributed by atoms with Crippen LogP contribution in [0.4, 0.5) is 0 Å². The first-order valence-electron chi connectivity index (χ1n) is 5.66. The third kappa shape index (κ3) is 4.02. The van der Waals surface area contributed by atoms with E-state index in [2.05, 4.69) is 6.92 Å². The molecule has 0 aromatic heterocycles. The zero-order valence-corrected chi connectivity index (χ0v) is 11.5. The van der Waals surface area contributed by atoms with Gasteiger partial charge in [-0.2, -0.15) is 0 Å². The Morgan fingerprint density at radius 3 is 2.29 bits per heavy atom. The third-order valence-electron chi connectivity index (χ3n) is 3.01. The van der Waals surface area contributed by atoms with Gasteiger partial charge in [-0.3, -0.25) is 4.79 Å². The van der Waals surface area contributed by atoms with Crippen molar-refractivity contribution in [3.8, 4) is 0 Å². The molecule has 0 spiro atoms. The number of hydrogen-bond donors (Lipinski definition) is 1. The van der Waals surface area contributed by atoms with Gasteiger partial charge in [0.1, 0.15) is 0 Å². The van der Waals surface area contributed by atoms with E-state index in [-0.39, 0.29) is 24.4 Å². The monoisotopic (exact) mass is 256 g/mol. The van der Waals surface area contributed by atoms with Crippen molar-refractivity contribution in [2.24, 2.45) is 5.73 Å². The van der Waals surface area contributed by atoms with E-state index < -0.39 is 0 Å². The van der Waals surface area contributed by atoms with E-state index in [1.54, 1.807) is 4.90 Å². The van der Waals surface area contributed by atoms with Crippen LogP contribution < -0.4 is 5.73 Å². The summed E-state index contributed by atoms with van der Waals surface area (Å²) in [6.07, 6.45) is 0.961. The molecule has 0 radical (unpaired) electrons. The summed E-state index contributed by atoms with van der Waals surface area (Å²) in [6, 6.07) is 7.74. The molecule has 0 heterocycles. The van der Waals surface area contributed by atoms with Gasteiger partial charge in [0.15, 0.2) is 0 Å². The number of carbonyl (C=O) groups excluding carboxylic acids is 1. The highest BCUT2D eigenvalue weighted by atomic mass is 35.5. The predicted molar refractivity (Wildman–Crippen MR) is 73.4 cm³/mol. The lowest BCUT2D eigenvalue weighted by atomic mass is 10.1. The second-order valence-electron chi connectivity index (χ2n) is 4.07. The Labute approximate surface area is 109 Å². The van der Waals surface area contributed by atoms with Gasteiger partial charge in [0, 0.05) is 25.2 Å². The molecule has 0 aliphatic carbocycles. The molecular formula is C13H21ClN2O. The zero-order chi connectivity index (χ0) is 12.1. The summed E-state index contributed by atoms with van der Waals surface area (Å²) in [5.74, 6) is 0.0675. The molecule has 4 heteroatoms. The van der Waals surface area contributed by atoms with Crippen molar-refractivity contribution >= 4 is 18.3 Å². The standard InChI is InChI=1S/C13H20N2O.ClH/c1-4-10(2)15(3)13(16)12-7-5-11(9-14)6-8-12;/h5-8,10H,4,9,14H2,1-3H3;1H. The van der Waals surface area contributed by atoms with Crippen molar-refractivity contribution in [1.29, 1.82) is 0 Å². The van der Waals surface area contributed by atoms with Gasteiger partial charge in [-0.1, -0.05) is 19.1 Å². The summed E-state index contributed by atoms with van der Waals surface area (Å²) >= 11 is 0. The Bertz CT molecular complexity index is 351. The lowest BCUT2D eigenvalue weighted by Gasteiger charge is -2.23. The lowest BCUT2D eigenvalue weighted by Crippen LogP contribution is -2.34. The van der Waals surface area contributed by atoms with E-state index >= 15 is 0 Å². The molecule has 0 fully saturated rings. The van der Waals surface area contributed by atoms with Crippen molar-refractivity contribution in [2.45, 2.75) is 32.9 Å². The van der Waals surface area contributed by atoms with Crippen LogP contribution in [0.3, 0.4) is 0 Å². The van der Waals surface area contributed by atoms with Gasteiger partial charge in [0.25, 0.3) is 5.91 Å². The predicted octanol–water partition coefficient (Wildman–Crippen LogP) is 2.44. The Kier molecular flexibility index (Phi) is 6.85. The SMILES string of the molecule is CCC(C)N(C)C(=O)c1ccc(CN)cc1.Cl. The molecular weight excluding hydrogens is 236 g/mol. The largest absolute Gasteiger partial charge is 0.339 e. The van der Waals surface area contributed by atoms with Gasteiger partial charge in [-0.25, -0.2) is 0 Å². The van der Waals surface area contributed by atoms with Crippen molar-refractivity contribution in [1.82, 2.24) is 4.90 Å². The lowest BCUT2D eigenvalue weighted by molar-refractivity contribution is 0.0740. The summed E-state index contributed by atoms with van der Waals surface area (Å²) in [5.41, 5.74) is 7.28. The average Bonchev–Trinajstić information content (AvgIpc) is 2.36. The Morgan fingerprint density at radius 2 is 1.88 bits per heavy atom. The van der Waals surface area contributed by atoms with E-state index in [1.165, 1.54) is 0 Å². The summed E-state index contributed by atoms with van der Waals surface area (Å²) < 4.78 is 0. The fourth-order valence-electron chi connectivity index (χ4n) is 1.46. The van der Waals surface area contributed by atoms with E-state index in [1.807, 2.05) is 38.2 Å². The minimum atomic E-state index is 0. The Balaban J connectivity index is 0.00000256. The molecule has 1 rings (SSSR count). The molecule has 96 valence electrons. The number of benzene rings is 1. The number of amides is 1. The maximum Gasteiger partial charge on any atom is 0.253 e. The van der Waals surface area contributed by atoms with Gasteiger partial charge in [0.2, 0.25) is 0 Å². The van der Waals surface area contributed by atoms with E-state index in [9.17, 15) is 4.79 Å². The molecule has 0 aliphatic heterocycles. The highest BCUT2D eigenvalue weighted by molar-refractivity contribution is 5.94. The fourth-order valence-corrected chi connectivity index (χ4v) is 1.46. The number of halogens is 1. The van der Waals surface area contributed by atoms with Crippen LogP contribution in [0.25, 0.3) is 0 Å². The normalized spacial score (nSPS) is 11.5. The van der Waals surface area contributed by atoms with Gasteiger partial charge >= 0.3 is 0 Å². The number of nitrogens with zero attached hydrogens (tertiary/aromatic N) is 1. The van der Waals surface area contributed by atoms with Gasteiger partial charge in [-0.15, -0.1) is 12.4 Å². The van der Waals surface area contributed by atoms with Gasteiger partial charge in [-0.05, 0) is 31.0 Å². The minimum absolute atomic E-state index is 0. The van der Waals surface area contributed by atoms with Crippen LogP contribution >= 0.6 is 12.4 Å². The summed E-state index contributed by atoms with van der Waals surface area (Å²) in [5, 5.41) is 0. The zero-order valence-electron chi connectivity index (χ0n) is 10.6. The van der Waals surface area contributed by atoms with Crippen LogP contribution in [0.2, 0.25) is 0 Å². The quantitative estimate of drug-likeness (QED) is 0.900. The summed E-state index contributed by atoms with van der Waals surface area (Å²) in [7, 11) is 1.84. The average molecular weight is 257 g/mol. The highest BCUT2D eigenvalue weighted by Crippen LogP contribution is 2.10. The molecule has 1 amide bonds. The number of carbonyl (C=O) groups is 1. The molecule has 1 unspecified atom stereocenters. The van der Waals surface area contributed by atoms with Crippen molar-refractivity contribution in [2.75, 3.05) is 7.05 Å². The fraction of sp³-hybridized carbons (Fsp3) is 0.462. The molecule has 1 aromatic carbocycles. The maximum absolute atomic E-state index is 12.0. The third-order valence-corrected chi connectivity index (χ3v) is 3.01. The topological polar surface area (TPSA) is 46.3 Å². The molecule has 0 saturated heterocycles. The number of rotatable bonds is 4. The Morgan fingerprint density at radius 1 is 1.35 bits per heavy atom. The molecule has 17 heavy (non-hydrogen) atoms. The Hall–Kier alpha value is -1.06. The molecule has 0 aliphatic rings. The smallest absolute Gasteiger partial charge is 0.253 e. The molecule has 1 aromatic rings. The van der Waals surface area contributed by atoms with Crippen LogP contribution in [0.15, 0.2) is 24.3 Å². The van der Waals surface area contributed by atoms with Crippen LogP contribution in [0.1, 0.15) is 36.2 Å². The van der Waals surface area contributed by atoms with Crippen molar-refractivity contribution in [3.05, 3.63) is 35.4 Å². The number of hydrogen-bond acceptors (Lipinski definition) is 2. The second-order valence-corrected chi connectivity index (χ2v) is 4.07. The maximum atomic E-state index is 12.0. The minimum Gasteiger partial charge on any atom is -0.339 e. The van der Waals surface area contributed by atoms with Crippen LogP contribution in [0.5, 0.6) is 0 Å². The van der Waals surface area contributed by atoms with Crippen molar-refractivity contribution < 1.29 is 4.79 Å². The van der Waals surface area contributed by atoms with Crippen molar-refractivity contribution in [3.63, 3.8) is 0 Å². The second kappa shape index (κ2) is 7.30. The molecule has 1 atom stereocenters. The van der Waals surface area contributed by atoms with Crippen LogP contribution in [-0.2, 0) is 6.54 Å². The summed E-state index contributed by atoms with van der Waals surface area (Å²) in [6.45, 7) is 4.63. The molecule has 0 bridgehead atoms. The first-order chi connectivity index (χ1) is 7.60. The number of nitrogens with two attached hydrogens (primary N) is 1. The van der Waals surface area contributed by atoms with E-state index in [0.717, 1.165) is 17.5 Å². The first-order valence-corrected chi connectivity index (χ1v) is 5.66. The van der Waals surface area contributed by atoms with Gasteiger partial charge < -0.3 is 10.6 Å². The van der Waals surface area contributed by atoms with Gasteiger partial charge in [0.05, 0.1) is 0 Å². The van der Waals surface area contributed by atoms with Crippen LogP contribution in [0, 0.1) is 0 Å².